The third-order valence-electron chi connectivity index (χ3n) is 7.39. The monoisotopic (exact) mass is 532 g/mol. The van der Waals surface area contributed by atoms with Crippen LogP contribution in [0.25, 0.3) is 0 Å². The van der Waals surface area contributed by atoms with Crippen LogP contribution in [-0.4, -0.2) is 35.4 Å². The van der Waals surface area contributed by atoms with Crippen LogP contribution in [0.15, 0.2) is 72.8 Å². The fourth-order valence-electron chi connectivity index (χ4n) is 4.99. The van der Waals surface area contributed by atoms with Crippen molar-refractivity contribution in [3.05, 3.63) is 100 Å². The average Bonchev–Trinajstić information content (AvgIpc) is 2.93. The zero-order valence-electron chi connectivity index (χ0n) is 22.3. The van der Waals surface area contributed by atoms with Gasteiger partial charge in [-0.05, 0) is 67.1 Å². The number of rotatable bonds is 10. The number of nitrogens with zero attached hydrogens (tertiary/aromatic N) is 1. The lowest BCUT2D eigenvalue weighted by Crippen LogP contribution is -2.53. The lowest BCUT2D eigenvalue weighted by molar-refractivity contribution is -0.143. The van der Waals surface area contributed by atoms with Crippen LogP contribution < -0.4 is 10.1 Å². The van der Waals surface area contributed by atoms with Gasteiger partial charge in [0.15, 0.2) is 6.61 Å². The molecule has 3 aromatic rings. The molecular formula is C32H37ClN2O3. The summed E-state index contributed by atoms with van der Waals surface area (Å²) in [6.45, 7) is 4.13. The normalized spacial score (nSPS) is 14.5. The molecule has 0 heterocycles. The maximum absolute atomic E-state index is 13.8. The number of amides is 2. The van der Waals surface area contributed by atoms with Gasteiger partial charge in [0.1, 0.15) is 11.8 Å². The zero-order valence-corrected chi connectivity index (χ0v) is 23.0. The van der Waals surface area contributed by atoms with Crippen LogP contribution in [0.2, 0.25) is 5.02 Å². The number of benzene rings is 3. The third-order valence-corrected chi connectivity index (χ3v) is 7.65. The molecule has 5 nitrogen and oxygen atoms in total. The van der Waals surface area contributed by atoms with E-state index in [0.717, 1.165) is 47.9 Å². The van der Waals surface area contributed by atoms with Crippen molar-refractivity contribution >= 4 is 23.4 Å². The standard InChI is InChI=1S/C32H37ClN2O3/c1-23-10-9-15-30(24(23)2)38-22-31(36)35(21-26-16-18-27(33)19-17-26)29(20-25-11-5-3-6-12-25)32(37)34-28-13-7-4-8-14-28/h3,5-6,9-12,15-19,28-29H,4,7-8,13-14,20-22H2,1-2H3,(H,34,37)/t29-/m0/s1. The lowest BCUT2D eigenvalue weighted by Gasteiger charge is -2.33. The Labute approximate surface area is 231 Å². The molecule has 1 saturated carbocycles. The van der Waals surface area contributed by atoms with Gasteiger partial charge in [-0.15, -0.1) is 0 Å². The summed E-state index contributed by atoms with van der Waals surface area (Å²) in [6, 6.07) is 22.5. The van der Waals surface area contributed by atoms with E-state index < -0.39 is 6.04 Å². The van der Waals surface area contributed by atoms with E-state index in [1.54, 1.807) is 17.0 Å². The number of halogens is 1. The molecule has 0 spiro atoms. The molecule has 0 aromatic heterocycles. The minimum absolute atomic E-state index is 0.116. The zero-order chi connectivity index (χ0) is 26.9. The summed E-state index contributed by atoms with van der Waals surface area (Å²) in [5.41, 5.74) is 4.00. The quantitative estimate of drug-likeness (QED) is 0.327. The van der Waals surface area contributed by atoms with Crippen molar-refractivity contribution in [1.29, 1.82) is 0 Å². The van der Waals surface area contributed by atoms with E-state index in [2.05, 4.69) is 5.32 Å². The highest BCUT2D eigenvalue weighted by molar-refractivity contribution is 6.30. The number of ether oxygens (including phenoxy) is 1. The Morgan fingerprint density at radius 1 is 0.921 bits per heavy atom. The molecule has 4 rings (SSSR count). The largest absolute Gasteiger partial charge is 0.483 e. The smallest absolute Gasteiger partial charge is 0.261 e. The molecule has 6 heteroatoms. The lowest BCUT2D eigenvalue weighted by atomic mass is 9.94. The van der Waals surface area contributed by atoms with E-state index in [0.29, 0.717) is 17.2 Å². The van der Waals surface area contributed by atoms with Crippen LogP contribution in [0.4, 0.5) is 0 Å². The molecule has 3 aromatic carbocycles. The van der Waals surface area contributed by atoms with Gasteiger partial charge in [0.2, 0.25) is 5.91 Å². The van der Waals surface area contributed by atoms with Gasteiger partial charge in [-0.25, -0.2) is 0 Å². The third kappa shape index (κ3) is 7.61. The number of aryl methyl sites for hydroxylation is 1. The van der Waals surface area contributed by atoms with Crippen LogP contribution >= 0.6 is 11.6 Å². The Balaban J connectivity index is 1.62. The van der Waals surface area contributed by atoms with Crippen LogP contribution in [-0.2, 0) is 22.6 Å². The Kier molecular flexibility index (Phi) is 9.83. The molecule has 0 unspecified atom stereocenters. The van der Waals surface area contributed by atoms with Crippen molar-refractivity contribution in [2.24, 2.45) is 0 Å². The fourth-order valence-corrected chi connectivity index (χ4v) is 5.11. The second-order valence-corrected chi connectivity index (χ2v) is 10.6. The van der Waals surface area contributed by atoms with Gasteiger partial charge in [-0.2, -0.15) is 0 Å². The van der Waals surface area contributed by atoms with Gasteiger partial charge < -0.3 is 15.0 Å². The minimum Gasteiger partial charge on any atom is -0.483 e. The van der Waals surface area contributed by atoms with Gasteiger partial charge in [0.05, 0.1) is 0 Å². The molecule has 2 amide bonds. The van der Waals surface area contributed by atoms with Crippen LogP contribution in [0.5, 0.6) is 5.75 Å². The Morgan fingerprint density at radius 3 is 2.34 bits per heavy atom. The van der Waals surface area contributed by atoms with Gasteiger partial charge >= 0.3 is 0 Å². The minimum atomic E-state index is -0.676. The second kappa shape index (κ2) is 13.5. The predicted octanol–water partition coefficient (Wildman–Crippen LogP) is 6.42. The first kappa shape index (κ1) is 27.7. The van der Waals surface area contributed by atoms with Crippen molar-refractivity contribution in [3.63, 3.8) is 0 Å². The summed E-state index contributed by atoms with van der Waals surface area (Å²) in [7, 11) is 0. The topological polar surface area (TPSA) is 58.6 Å². The van der Waals surface area contributed by atoms with E-state index in [4.69, 9.17) is 16.3 Å². The summed E-state index contributed by atoms with van der Waals surface area (Å²) in [4.78, 5) is 29.3. The number of carbonyl (C=O) groups excluding carboxylic acids is 2. The molecule has 0 saturated heterocycles. The predicted molar refractivity (Wildman–Crippen MR) is 152 cm³/mol. The molecule has 1 atom stereocenters. The van der Waals surface area contributed by atoms with E-state index >= 15 is 0 Å². The molecule has 200 valence electrons. The summed E-state index contributed by atoms with van der Waals surface area (Å²) in [5, 5.41) is 3.89. The molecule has 0 radical (unpaired) electrons. The maximum atomic E-state index is 13.8. The number of nitrogens with one attached hydrogen (secondary N) is 1. The molecule has 1 aliphatic carbocycles. The molecule has 38 heavy (non-hydrogen) atoms. The molecular weight excluding hydrogens is 496 g/mol. The molecule has 0 aliphatic heterocycles. The first-order chi connectivity index (χ1) is 18.4. The maximum Gasteiger partial charge on any atom is 0.261 e. The fraction of sp³-hybridized carbons (Fsp3) is 0.375. The van der Waals surface area contributed by atoms with Gasteiger partial charge in [0.25, 0.3) is 5.91 Å². The van der Waals surface area contributed by atoms with Crippen molar-refractivity contribution in [3.8, 4) is 5.75 Å². The number of carbonyl (C=O) groups is 2. The van der Waals surface area contributed by atoms with Crippen molar-refractivity contribution < 1.29 is 14.3 Å². The second-order valence-electron chi connectivity index (χ2n) is 10.2. The summed E-state index contributed by atoms with van der Waals surface area (Å²) in [5.74, 6) is 0.325. The summed E-state index contributed by atoms with van der Waals surface area (Å²) in [6.07, 6.45) is 5.81. The Hall–Kier alpha value is -3.31. The van der Waals surface area contributed by atoms with E-state index in [1.165, 1.54) is 6.42 Å². The highest BCUT2D eigenvalue weighted by Crippen LogP contribution is 2.23. The highest BCUT2D eigenvalue weighted by atomic mass is 35.5. The van der Waals surface area contributed by atoms with Gasteiger partial charge in [-0.1, -0.05) is 85.5 Å². The van der Waals surface area contributed by atoms with Crippen LogP contribution in [0, 0.1) is 13.8 Å². The summed E-state index contributed by atoms with van der Waals surface area (Å²) < 4.78 is 6.00. The first-order valence-electron chi connectivity index (χ1n) is 13.5. The number of hydrogen-bond acceptors (Lipinski definition) is 3. The van der Waals surface area contributed by atoms with E-state index in [-0.39, 0.29) is 31.0 Å². The number of hydrogen-bond donors (Lipinski definition) is 1. The van der Waals surface area contributed by atoms with Crippen LogP contribution in [0.1, 0.15) is 54.4 Å². The summed E-state index contributed by atoms with van der Waals surface area (Å²) >= 11 is 6.12. The Bertz CT molecular complexity index is 1210. The van der Waals surface area contributed by atoms with E-state index in [1.807, 2.05) is 74.5 Å². The van der Waals surface area contributed by atoms with Gasteiger partial charge in [-0.3, -0.25) is 9.59 Å². The van der Waals surface area contributed by atoms with Crippen LogP contribution in [0.3, 0.4) is 0 Å². The van der Waals surface area contributed by atoms with E-state index in [9.17, 15) is 9.59 Å². The molecule has 1 N–H and O–H groups in total. The first-order valence-corrected chi connectivity index (χ1v) is 13.9. The average molecular weight is 533 g/mol. The van der Waals surface area contributed by atoms with Gasteiger partial charge in [0, 0.05) is 24.0 Å². The van der Waals surface area contributed by atoms with Crippen molar-refractivity contribution in [2.45, 2.75) is 71.0 Å². The Morgan fingerprint density at radius 2 is 1.63 bits per heavy atom. The van der Waals surface area contributed by atoms with Crippen molar-refractivity contribution in [2.75, 3.05) is 6.61 Å². The van der Waals surface area contributed by atoms with Crippen molar-refractivity contribution in [1.82, 2.24) is 10.2 Å². The molecule has 1 aliphatic rings. The molecule has 0 bridgehead atoms. The molecule has 1 fully saturated rings. The SMILES string of the molecule is Cc1cccc(OCC(=O)N(Cc2ccc(Cl)cc2)[C@@H](Cc2ccccc2)C(=O)NC2CCCCC2)c1C. The highest BCUT2D eigenvalue weighted by Gasteiger charge is 2.32.